The lowest BCUT2D eigenvalue weighted by Crippen LogP contribution is -1.96. The number of carbonyl (C=O) groups is 1. The van der Waals surface area contributed by atoms with Crippen LogP contribution >= 0.6 is 0 Å². The van der Waals surface area contributed by atoms with E-state index in [0.29, 0.717) is 29.6 Å². The van der Waals surface area contributed by atoms with Gasteiger partial charge in [0.05, 0.1) is 12.7 Å². The van der Waals surface area contributed by atoms with Crippen LogP contribution in [0.1, 0.15) is 32.6 Å². The molecule has 0 unspecified atom stereocenters. The molecule has 2 aromatic carbocycles. The molecule has 0 aliphatic rings. The molecule has 0 aliphatic carbocycles. The van der Waals surface area contributed by atoms with Gasteiger partial charge in [-0.1, -0.05) is 12.1 Å². The molecular weight excluding hydrogens is 268 g/mol. The monoisotopic (exact) mass is 286 g/mol. The average Bonchev–Trinajstić information content (AvgIpc) is 2.45. The number of ether oxygens (including phenoxy) is 1. The summed E-state index contributed by atoms with van der Waals surface area (Å²) in [7, 11) is 1.49. The van der Waals surface area contributed by atoms with Gasteiger partial charge in [-0.2, -0.15) is 0 Å². The number of rotatable bonds is 4. The normalized spacial score (nSPS) is 10.4. The van der Waals surface area contributed by atoms with Crippen LogP contribution in [0.5, 0.6) is 17.2 Å². The van der Waals surface area contributed by atoms with Gasteiger partial charge in [0.25, 0.3) is 0 Å². The largest absolute Gasteiger partial charge is 0.507 e. The summed E-state index contributed by atoms with van der Waals surface area (Å²) < 4.78 is 5.13. The zero-order chi connectivity index (χ0) is 15.6. The molecule has 0 saturated heterocycles. The van der Waals surface area contributed by atoms with Crippen LogP contribution in [0.3, 0.4) is 0 Å². The molecular formula is C17H18O4. The van der Waals surface area contributed by atoms with Crippen LogP contribution in [0.25, 0.3) is 0 Å². The van der Waals surface area contributed by atoms with Gasteiger partial charge in [0.1, 0.15) is 5.75 Å². The first-order chi connectivity index (χ1) is 9.96. The van der Waals surface area contributed by atoms with Crippen molar-refractivity contribution in [3.05, 3.63) is 52.1 Å². The predicted molar refractivity (Wildman–Crippen MR) is 80.4 cm³/mol. The van der Waals surface area contributed by atoms with E-state index in [2.05, 4.69) is 0 Å². The van der Waals surface area contributed by atoms with Crippen molar-refractivity contribution >= 4 is 6.29 Å². The van der Waals surface area contributed by atoms with Crippen LogP contribution in [0.2, 0.25) is 0 Å². The highest BCUT2D eigenvalue weighted by atomic mass is 16.5. The van der Waals surface area contributed by atoms with E-state index in [0.717, 1.165) is 11.1 Å². The smallest absolute Gasteiger partial charge is 0.161 e. The second-order valence-electron chi connectivity index (χ2n) is 5.13. The number of phenolic OH excluding ortho intramolecular Hbond substituents is 2. The third kappa shape index (κ3) is 2.99. The maximum absolute atomic E-state index is 11.0. The highest BCUT2D eigenvalue weighted by Crippen LogP contribution is 2.35. The van der Waals surface area contributed by atoms with Crippen molar-refractivity contribution in [2.24, 2.45) is 0 Å². The van der Waals surface area contributed by atoms with Crippen molar-refractivity contribution in [3.8, 4) is 17.2 Å². The van der Waals surface area contributed by atoms with Gasteiger partial charge in [0.15, 0.2) is 17.8 Å². The SMILES string of the molecule is COc1cc(C)cc(Cc2cc(C)cc(C=O)c2O)c1O. The second kappa shape index (κ2) is 5.87. The number of methoxy groups -OCH3 is 1. The van der Waals surface area contributed by atoms with Gasteiger partial charge in [-0.25, -0.2) is 0 Å². The molecule has 0 amide bonds. The van der Waals surface area contributed by atoms with E-state index in [9.17, 15) is 15.0 Å². The highest BCUT2D eigenvalue weighted by Gasteiger charge is 2.14. The maximum Gasteiger partial charge on any atom is 0.161 e. The first-order valence-electron chi connectivity index (χ1n) is 6.60. The fourth-order valence-corrected chi connectivity index (χ4v) is 2.42. The van der Waals surface area contributed by atoms with Crippen LogP contribution in [0.4, 0.5) is 0 Å². The van der Waals surface area contributed by atoms with E-state index in [-0.39, 0.29) is 17.1 Å². The first kappa shape index (κ1) is 14.9. The van der Waals surface area contributed by atoms with Crippen molar-refractivity contribution in [1.82, 2.24) is 0 Å². The van der Waals surface area contributed by atoms with Crippen LogP contribution in [-0.2, 0) is 6.42 Å². The van der Waals surface area contributed by atoms with Crippen molar-refractivity contribution in [2.75, 3.05) is 7.11 Å². The minimum Gasteiger partial charge on any atom is -0.507 e. The number of aromatic hydroxyl groups is 2. The van der Waals surface area contributed by atoms with E-state index >= 15 is 0 Å². The van der Waals surface area contributed by atoms with Crippen molar-refractivity contribution in [2.45, 2.75) is 20.3 Å². The Morgan fingerprint density at radius 2 is 1.57 bits per heavy atom. The van der Waals surface area contributed by atoms with E-state index in [1.807, 2.05) is 19.9 Å². The van der Waals surface area contributed by atoms with Gasteiger partial charge in [-0.15, -0.1) is 0 Å². The van der Waals surface area contributed by atoms with Gasteiger partial charge in [0, 0.05) is 12.0 Å². The molecule has 21 heavy (non-hydrogen) atoms. The lowest BCUT2D eigenvalue weighted by atomic mass is 9.97. The quantitative estimate of drug-likeness (QED) is 0.847. The maximum atomic E-state index is 11.0. The van der Waals surface area contributed by atoms with Crippen LogP contribution in [0.15, 0.2) is 24.3 Å². The summed E-state index contributed by atoms with van der Waals surface area (Å²) in [6.07, 6.45) is 0.945. The summed E-state index contributed by atoms with van der Waals surface area (Å²) in [5.74, 6) is 0.403. The number of aldehydes is 1. The molecule has 0 saturated carbocycles. The Morgan fingerprint density at radius 3 is 2.14 bits per heavy atom. The molecule has 0 aromatic heterocycles. The number of benzene rings is 2. The molecule has 0 radical (unpaired) electrons. The molecule has 0 fully saturated rings. The molecule has 0 heterocycles. The van der Waals surface area contributed by atoms with Crippen molar-refractivity contribution in [1.29, 1.82) is 0 Å². The summed E-state index contributed by atoms with van der Waals surface area (Å²) in [6.45, 7) is 3.75. The number of phenols is 2. The minimum atomic E-state index is -0.0459. The topological polar surface area (TPSA) is 66.8 Å². The molecule has 2 rings (SSSR count). The molecule has 0 bridgehead atoms. The van der Waals surface area contributed by atoms with Crippen LogP contribution in [0, 0.1) is 13.8 Å². The van der Waals surface area contributed by atoms with Crippen LogP contribution in [-0.4, -0.2) is 23.6 Å². The van der Waals surface area contributed by atoms with E-state index < -0.39 is 0 Å². The number of carbonyl (C=O) groups excluding carboxylic acids is 1. The summed E-state index contributed by atoms with van der Waals surface area (Å²) >= 11 is 0. The predicted octanol–water partition coefficient (Wildman–Crippen LogP) is 3.13. The lowest BCUT2D eigenvalue weighted by Gasteiger charge is -2.13. The zero-order valence-corrected chi connectivity index (χ0v) is 12.3. The summed E-state index contributed by atoms with van der Waals surface area (Å²) in [5.41, 5.74) is 3.32. The van der Waals surface area contributed by atoms with Gasteiger partial charge >= 0.3 is 0 Å². The van der Waals surface area contributed by atoms with Gasteiger partial charge in [-0.05, 0) is 42.7 Å². The summed E-state index contributed by atoms with van der Waals surface area (Å²) in [5, 5.41) is 20.3. The molecule has 2 N–H and O–H groups in total. The Labute approximate surface area is 123 Å². The van der Waals surface area contributed by atoms with Gasteiger partial charge < -0.3 is 14.9 Å². The van der Waals surface area contributed by atoms with Crippen molar-refractivity contribution < 1.29 is 19.7 Å². The molecule has 4 heteroatoms. The molecule has 0 aliphatic heterocycles. The number of hydrogen-bond acceptors (Lipinski definition) is 4. The Morgan fingerprint density at radius 1 is 1.00 bits per heavy atom. The van der Waals surface area contributed by atoms with E-state index in [1.54, 1.807) is 18.2 Å². The van der Waals surface area contributed by atoms with Gasteiger partial charge in [-0.3, -0.25) is 4.79 Å². The molecule has 110 valence electrons. The third-order valence-corrected chi connectivity index (χ3v) is 3.39. The fourth-order valence-electron chi connectivity index (χ4n) is 2.42. The first-order valence-corrected chi connectivity index (χ1v) is 6.60. The Bertz CT molecular complexity index is 690. The fraction of sp³-hybridized carbons (Fsp3) is 0.235. The molecule has 2 aromatic rings. The summed E-state index contributed by atoms with van der Waals surface area (Å²) in [4.78, 5) is 11.0. The molecule has 0 spiro atoms. The molecule has 0 atom stereocenters. The van der Waals surface area contributed by atoms with Gasteiger partial charge in [0.2, 0.25) is 0 Å². The standard InChI is InChI=1S/C17H18O4/c1-10-4-12(16(19)14(6-10)9-18)8-13-5-11(2)7-15(21-3)17(13)20/h4-7,9,19-20H,8H2,1-3H3. The number of hydrogen-bond donors (Lipinski definition) is 2. The van der Waals surface area contributed by atoms with E-state index in [4.69, 9.17) is 4.74 Å². The highest BCUT2D eigenvalue weighted by molar-refractivity contribution is 5.80. The van der Waals surface area contributed by atoms with Crippen LogP contribution < -0.4 is 4.74 Å². The summed E-state index contributed by atoms with van der Waals surface area (Å²) in [6, 6.07) is 7.01. The third-order valence-electron chi connectivity index (χ3n) is 3.39. The zero-order valence-electron chi connectivity index (χ0n) is 12.3. The van der Waals surface area contributed by atoms with Crippen molar-refractivity contribution in [3.63, 3.8) is 0 Å². The van der Waals surface area contributed by atoms with E-state index in [1.165, 1.54) is 7.11 Å². The minimum absolute atomic E-state index is 0.0459. The lowest BCUT2D eigenvalue weighted by molar-refractivity contribution is 0.112. The Kier molecular flexibility index (Phi) is 4.17. The second-order valence-corrected chi connectivity index (χ2v) is 5.13. The number of aryl methyl sites for hydroxylation is 2. The Hall–Kier alpha value is -2.49. The Balaban J connectivity index is 2.50. The average molecular weight is 286 g/mol. The molecule has 4 nitrogen and oxygen atoms in total.